The summed E-state index contributed by atoms with van der Waals surface area (Å²) in [5.41, 5.74) is 0.312. The fourth-order valence-electron chi connectivity index (χ4n) is 1.10. The quantitative estimate of drug-likeness (QED) is 0.680. The molecule has 0 radical (unpaired) electrons. The smallest absolute Gasteiger partial charge is 0.423 e. The first-order valence-electron chi connectivity index (χ1n) is 4.19. The predicted octanol–water partition coefficient (Wildman–Crippen LogP) is -0.400. The molecule has 0 aromatic carbocycles. The normalized spacial score (nSPS) is 10.3. The lowest BCUT2D eigenvalue weighted by atomic mass is 9.83. The van der Waals surface area contributed by atoms with Gasteiger partial charge >= 0.3 is 7.12 Å². The van der Waals surface area contributed by atoms with Gasteiger partial charge in [0.15, 0.2) is 5.82 Å². The lowest BCUT2D eigenvalue weighted by Gasteiger charge is -1.98. The maximum absolute atomic E-state index is 8.89. The number of hydrogen-bond acceptors (Lipinski definition) is 4. The zero-order valence-corrected chi connectivity index (χ0v) is 8.33. The summed E-state index contributed by atoms with van der Waals surface area (Å²) in [6.07, 6.45) is 4.34. The maximum atomic E-state index is 8.89. The van der Waals surface area contributed by atoms with E-state index in [-0.39, 0.29) is 0 Å². The fourth-order valence-corrected chi connectivity index (χ4v) is 1.21. The molecular weight excluding hydrogens is 216 g/mol. The number of hydrogen-bond donors (Lipinski definition) is 2. The summed E-state index contributed by atoms with van der Waals surface area (Å²) in [6.45, 7) is 0. The molecule has 0 amide bonds. The molecule has 0 saturated heterocycles. The van der Waals surface area contributed by atoms with Crippen molar-refractivity contribution in [2.75, 3.05) is 0 Å². The van der Waals surface area contributed by atoms with Gasteiger partial charge < -0.3 is 10.0 Å². The van der Waals surface area contributed by atoms with E-state index in [1.807, 2.05) is 0 Å². The van der Waals surface area contributed by atoms with E-state index in [4.69, 9.17) is 21.6 Å². The second-order valence-electron chi connectivity index (χ2n) is 2.93. The highest BCUT2D eigenvalue weighted by molar-refractivity contribution is 6.58. The number of rotatable bonds is 2. The Bertz CT molecular complexity index is 457. The molecule has 15 heavy (non-hydrogen) atoms. The van der Waals surface area contributed by atoms with Crippen LogP contribution in [0.2, 0.25) is 5.02 Å². The van der Waals surface area contributed by atoms with E-state index in [1.165, 1.54) is 23.3 Å². The van der Waals surface area contributed by atoms with Crippen molar-refractivity contribution in [1.82, 2.24) is 14.8 Å². The minimum absolute atomic E-state index is 0.312. The molecule has 0 saturated carbocycles. The molecular formula is C8H7BClN3O2. The van der Waals surface area contributed by atoms with Gasteiger partial charge in [-0.3, -0.25) is 0 Å². The Morgan fingerprint density at radius 2 is 2.07 bits per heavy atom. The summed E-state index contributed by atoms with van der Waals surface area (Å²) < 4.78 is 1.44. The summed E-state index contributed by atoms with van der Waals surface area (Å²) in [5.74, 6) is 0.561. The topological polar surface area (TPSA) is 71.2 Å². The van der Waals surface area contributed by atoms with Gasteiger partial charge in [-0.2, -0.15) is 5.10 Å². The van der Waals surface area contributed by atoms with Crippen molar-refractivity contribution in [1.29, 1.82) is 0 Å². The van der Waals surface area contributed by atoms with Crippen molar-refractivity contribution in [3.63, 3.8) is 0 Å². The number of halogens is 1. The van der Waals surface area contributed by atoms with Gasteiger partial charge in [0.25, 0.3) is 0 Å². The lowest BCUT2D eigenvalue weighted by molar-refractivity contribution is 0.426. The van der Waals surface area contributed by atoms with E-state index in [2.05, 4.69) is 10.1 Å². The van der Waals surface area contributed by atoms with Crippen LogP contribution in [0, 0.1) is 0 Å². The van der Waals surface area contributed by atoms with E-state index in [9.17, 15) is 0 Å². The van der Waals surface area contributed by atoms with Crippen LogP contribution in [0.4, 0.5) is 0 Å². The molecule has 0 aliphatic rings. The van der Waals surface area contributed by atoms with Gasteiger partial charge in [-0.25, -0.2) is 9.67 Å². The van der Waals surface area contributed by atoms with Gasteiger partial charge in [0.1, 0.15) is 0 Å². The number of pyridine rings is 1. The highest BCUT2D eigenvalue weighted by atomic mass is 35.5. The first-order valence-corrected chi connectivity index (χ1v) is 4.57. The van der Waals surface area contributed by atoms with Crippen molar-refractivity contribution in [2.24, 2.45) is 0 Å². The first kappa shape index (κ1) is 10.2. The zero-order chi connectivity index (χ0) is 10.8. The van der Waals surface area contributed by atoms with E-state index in [0.29, 0.717) is 16.3 Å². The minimum atomic E-state index is -1.52. The van der Waals surface area contributed by atoms with Crippen molar-refractivity contribution < 1.29 is 10.0 Å². The van der Waals surface area contributed by atoms with Crippen LogP contribution in [0.1, 0.15) is 0 Å². The molecule has 2 N–H and O–H groups in total. The molecule has 0 atom stereocenters. The van der Waals surface area contributed by atoms with Crippen LogP contribution in [-0.2, 0) is 0 Å². The Morgan fingerprint density at radius 3 is 2.60 bits per heavy atom. The molecule has 76 valence electrons. The van der Waals surface area contributed by atoms with Gasteiger partial charge in [0.05, 0.1) is 5.02 Å². The van der Waals surface area contributed by atoms with Gasteiger partial charge in [-0.1, -0.05) is 11.6 Å². The molecule has 7 heteroatoms. The molecule has 2 heterocycles. The standard InChI is InChI=1S/C8H7BClN3O2/c10-7-1-2-8(11-4-7)13-5-6(3-12-13)9(14)15/h1-5,14-15H. The largest absolute Gasteiger partial charge is 0.491 e. The lowest BCUT2D eigenvalue weighted by Crippen LogP contribution is -2.28. The molecule has 0 unspecified atom stereocenters. The molecule has 0 fully saturated rings. The van der Waals surface area contributed by atoms with Crippen molar-refractivity contribution in [3.05, 3.63) is 35.7 Å². The monoisotopic (exact) mass is 223 g/mol. The van der Waals surface area contributed by atoms with Crippen molar-refractivity contribution in [3.8, 4) is 5.82 Å². The Labute approximate surface area is 91.1 Å². The second-order valence-corrected chi connectivity index (χ2v) is 3.36. The van der Waals surface area contributed by atoms with E-state index in [0.717, 1.165) is 0 Å². The SMILES string of the molecule is OB(O)c1cnn(-c2ccc(Cl)cn2)c1. The van der Waals surface area contributed by atoms with Crippen LogP contribution in [0.15, 0.2) is 30.7 Å². The Kier molecular flexibility index (Phi) is 2.72. The maximum Gasteiger partial charge on any atom is 0.491 e. The van der Waals surface area contributed by atoms with Crippen molar-refractivity contribution in [2.45, 2.75) is 0 Å². The molecule has 2 rings (SSSR count). The summed E-state index contributed by atoms with van der Waals surface area (Å²) in [7, 11) is -1.52. The van der Waals surface area contributed by atoms with Crippen molar-refractivity contribution >= 4 is 24.2 Å². The van der Waals surface area contributed by atoms with Gasteiger partial charge in [0, 0.05) is 24.1 Å². The highest BCUT2D eigenvalue weighted by Crippen LogP contribution is 2.08. The van der Waals surface area contributed by atoms with Crippen LogP contribution in [0.5, 0.6) is 0 Å². The third kappa shape index (κ3) is 2.17. The summed E-state index contributed by atoms with van der Waals surface area (Å²) >= 11 is 5.68. The highest BCUT2D eigenvalue weighted by Gasteiger charge is 2.13. The van der Waals surface area contributed by atoms with Gasteiger partial charge in [-0.15, -0.1) is 0 Å². The van der Waals surface area contributed by atoms with Crippen LogP contribution in [0.25, 0.3) is 5.82 Å². The molecule has 2 aromatic rings. The van der Waals surface area contributed by atoms with E-state index < -0.39 is 7.12 Å². The third-order valence-corrected chi connectivity index (χ3v) is 2.07. The van der Waals surface area contributed by atoms with Crippen LogP contribution < -0.4 is 5.46 Å². The number of aromatic nitrogens is 3. The van der Waals surface area contributed by atoms with Gasteiger partial charge in [0.2, 0.25) is 0 Å². The van der Waals surface area contributed by atoms with Gasteiger partial charge in [-0.05, 0) is 12.1 Å². The van der Waals surface area contributed by atoms with Crippen LogP contribution in [-0.4, -0.2) is 31.9 Å². The average Bonchev–Trinajstić information content (AvgIpc) is 2.68. The molecule has 5 nitrogen and oxygen atoms in total. The van der Waals surface area contributed by atoms with Crippen LogP contribution in [0.3, 0.4) is 0 Å². The van der Waals surface area contributed by atoms with Crippen LogP contribution >= 0.6 is 11.6 Å². The average molecular weight is 223 g/mol. The summed E-state index contributed by atoms with van der Waals surface area (Å²) in [6, 6.07) is 3.36. The third-order valence-electron chi connectivity index (χ3n) is 1.85. The minimum Gasteiger partial charge on any atom is -0.423 e. The predicted molar refractivity (Wildman–Crippen MR) is 56.2 cm³/mol. The molecule has 0 aliphatic carbocycles. The zero-order valence-electron chi connectivity index (χ0n) is 7.58. The van der Waals surface area contributed by atoms with E-state index in [1.54, 1.807) is 12.1 Å². The fraction of sp³-hybridized carbons (Fsp3) is 0. The Morgan fingerprint density at radius 1 is 1.27 bits per heavy atom. The second kappa shape index (κ2) is 4.02. The molecule has 0 bridgehead atoms. The Hall–Kier alpha value is -1.37. The van der Waals surface area contributed by atoms with E-state index >= 15 is 0 Å². The summed E-state index contributed by atoms with van der Waals surface area (Å²) in [5, 5.41) is 22.2. The summed E-state index contributed by atoms with van der Waals surface area (Å²) in [4.78, 5) is 4.03. The molecule has 0 aliphatic heterocycles. The molecule has 2 aromatic heterocycles. The number of nitrogens with zero attached hydrogens (tertiary/aromatic N) is 3. The first-order chi connectivity index (χ1) is 7.16. The Balaban J connectivity index is 2.33. The molecule has 0 spiro atoms.